The number of benzene rings is 1. The Hall–Kier alpha value is -1.88. The lowest BCUT2D eigenvalue weighted by atomic mass is 10.1. The van der Waals surface area contributed by atoms with Gasteiger partial charge in [0.1, 0.15) is 0 Å². The molecule has 2 rings (SSSR count). The molecule has 1 fully saturated rings. The third kappa shape index (κ3) is 4.56. The average Bonchev–Trinajstić information content (AvgIpc) is 2.93. The molecule has 5 nitrogen and oxygen atoms in total. The van der Waals surface area contributed by atoms with Gasteiger partial charge in [0.15, 0.2) is 0 Å². The van der Waals surface area contributed by atoms with Crippen molar-refractivity contribution in [3.63, 3.8) is 0 Å². The highest BCUT2D eigenvalue weighted by atomic mass is 16.5. The monoisotopic (exact) mass is 291 g/mol. The molecule has 1 amide bonds. The first-order valence-corrected chi connectivity index (χ1v) is 7.26. The van der Waals surface area contributed by atoms with Gasteiger partial charge in [0.2, 0.25) is 5.91 Å². The van der Waals surface area contributed by atoms with Gasteiger partial charge in [-0.1, -0.05) is 17.7 Å². The summed E-state index contributed by atoms with van der Waals surface area (Å²) >= 11 is 0. The van der Waals surface area contributed by atoms with Crippen LogP contribution >= 0.6 is 0 Å². The Morgan fingerprint density at radius 2 is 2.05 bits per heavy atom. The van der Waals surface area contributed by atoms with E-state index >= 15 is 0 Å². The Labute approximate surface area is 124 Å². The summed E-state index contributed by atoms with van der Waals surface area (Å²) in [5.41, 5.74) is 1.84. The lowest BCUT2D eigenvalue weighted by molar-refractivity contribution is -0.136. The zero-order valence-electron chi connectivity index (χ0n) is 12.2. The minimum Gasteiger partial charge on any atom is -0.481 e. The molecule has 0 radical (unpaired) electrons. The maximum atomic E-state index is 12.5. The molecule has 0 aromatic heterocycles. The quantitative estimate of drug-likeness (QED) is 0.873. The standard InChI is InChI=1S/C16H21NO4/c1-12-4-6-13(7-5-12)17(9-8-16(19)20)15(18)11-14-3-2-10-21-14/h4-7,14H,2-3,8-11H2,1H3,(H,19,20). The van der Waals surface area contributed by atoms with Gasteiger partial charge in [-0.3, -0.25) is 9.59 Å². The zero-order chi connectivity index (χ0) is 15.2. The minimum atomic E-state index is -0.906. The molecular weight excluding hydrogens is 270 g/mol. The number of aliphatic carboxylic acids is 1. The second kappa shape index (κ2) is 7.22. The number of carboxylic acid groups (broad SMARTS) is 1. The van der Waals surface area contributed by atoms with Crippen molar-refractivity contribution in [3.8, 4) is 0 Å². The third-order valence-corrected chi connectivity index (χ3v) is 3.62. The van der Waals surface area contributed by atoms with Gasteiger partial charge in [-0.15, -0.1) is 0 Å². The van der Waals surface area contributed by atoms with E-state index in [1.165, 1.54) is 0 Å². The Morgan fingerprint density at radius 1 is 1.33 bits per heavy atom. The summed E-state index contributed by atoms with van der Waals surface area (Å²) in [6, 6.07) is 7.54. The van der Waals surface area contributed by atoms with E-state index in [-0.39, 0.29) is 25.0 Å². The van der Waals surface area contributed by atoms with Crippen LogP contribution in [-0.4, -0.2) is 36.2 Å². The molecule has 1 N–H and O–H groups in total. The van der Waals surface area contributed by atoms with E-state index in [1.54, 1.807) is 4.90 Å². The highest BCUT2D eigenvalue weighted by molar-refractivity contribution is 5.94. The number of hydrogen-bond acceptors (Lipinski definition) is 3. The second-order valence-electron chi connectivity index (χ2n) is 5.36. The van der Waals surface area contributed by atoms with Crippen LogP contribution < -0.4 is 4.90 Å². The Morgan fingerprint density at radius 3 is 2.62 bits per heavy atom. The van der Waals surface area contributed by atoms with Gasteiger partial charge in [-0.2, -0.15) is 0 Å². The van der Waals surface area contributed by atoms with Crippen molar-refractivity contribution in [2.75, 3.05) is 18.1 Å². The van der Waals surface area contributed by atoms with Crippen LogP contribution in [0.5, 0.6) is 0 Å². The molecule has 1 atom stereocenters. The van der Waals surface area contributed by atoms with E-state index in [4.69, 9.17) is 9.84 Å². The molecule has 1 unspecified atom stereocenters. The summed E-state index contributed by atoms with van der Waals surface area (Å²) in [7, 11) is 0. The first-order chi connectivity index (χ1) is 10.1. The molecule has 0 spiro atoms. The van der Waals surface area contributed by atoms with Gasteiger partial charge in [0.25, 0.3) is 0 Å². The normalized spacial score (nSPS) is 17.7. The number of aryl methyl sites for hydroxylation is 1. The first-order valence-electron chi connectivity index (χ1n) is 7.26. The number of carbonyl (C=O) groups excluding carboxylic acids is 1. The number of amides is 1. The summed E-state index contributed by atoms with van der Waals surface area (Å²) in [6.07, 6.45) is 2.10. The predicted molar refractivity (Wildman–Crippen MR) is 79.4 cm³/mol. The van der Waals surface area contributed by atoms with Crippen LogP contribution in [0.4, 0.5) is 5.69 Å². The number of anilines is 1. The van der Waals surface area contributed by atoms with Crippen LogP contribution in [0.2, 0.25) is 0 Å². The lowest BCUT2D eigenvalue weighted by Crippen LogP contribution is -2.35. The Kier molecular flexibility index (Phi) is 5.33. The number of rotatable bonds is 6. The maximum absolute atomic E-state index is 12.5. The highest BCUT2D eigenvalue weighted by Crippen LogP contribution is 2.21. The van der Waals surface area contributed by atoms with Crippen molar-refractivity contribution in [1.29, 1.82) is 0 Å². The fraction of sp³-hybridized carbons (Fsp3) is 0.500. The number of carbonyl (C=O) groups is 2. The summed E-state index contributed by atoms with van der Waals surface area (Å²) in [5.74, 6) is -0.982. The maximum Gasteiger partial charge on any atom is 0.305 e. The van der Waals surface area contributed by atoms with E-state index < -0.39 is 5.97 Å². The van der Waals surface area contributed by atoms with Gasteiger partial charge >= 0.3 is 5.97 Å². The Bertz CT molecular complexity index is 492. The van der Waals surface area contributed by atoms with E-state index in [2.05, 4.69) is 0 Å². The lowest BCUT2D eigenvalue weighted by Gasteiger charge is -2.23. The number of carboxylic acids is 1. The topological polar surface area (TPSA) is 66.8 Å². The fourth-order valence-corrected chi connectivity index (χ4v) is 2.44. The van der Waals surface area contributed by atoms with Crippen molar-refractivity contribution in [2.45, 2.75) is 38.7 Å². The van der Waals surface area contributed by atoms with Crippen molar-refractivity contribution >= 4 is 17.6 Å². The average molecular weight is 291 g/mol. The van der Waals surface area contributed by atoms with Crippen molar-refractivity contribution in [1.82, 2.24) is 0 Å². The SMILES string of the molecule is Cc1ccc(N(CCC(=O)O)C(=O)CC2CCCO2)cc1. The van der Waals surface area contributed by atoms with E-state index in [0.29, 0.717) is 13.0 Å². The Balaban J connectivity index is 2.08. The number of hydrogen-bond donors (Lipinski definition) is 1. The van der Waals surface area contributed by atoms with Gasteiger partial charge in [0, 0.05) is 18.8 Å². The number of nitrogens with zero attached hydrogens (tertiary/aromatic N) is 1. The molecule has 0 bridgehead atoms. The summed E-state index contributed by atoms with van der Waals surface area (Å²) in [4.78, 5) is 24.8. The highest BCUT2D eigenvalue weighted by Gasteiger charge is 2.24. The molecule has 21 heavy (non-hydrogen) atoms. The zero-order valence-corrected chi connectivity index (χ0v) is 12.2. The molecule has 5 heteroatoms. The second-order valence-corrected chi connectivity index (χ2v) is 5.36. The summed E-state index contributed by atoms with van der Waals surface area (Å²) in [5, 5.41) is 8.86. The first kappa shape index (κ1) is 15.5. The van der Waals surface area contributed by atoms with Crippen LogP contribution in [0.3, 0.4) is 0 Å². The summed E-state index contributed by atoms with van der Waals surface area (Å²) < 4.78 is 5.49. The fourth-order valence-electron chi connectivity index (χ4n) is 2.44. The molecule has 1 aliphatic heterocycles. The van der Waals surface area contributed by atoms with Crippen molar-refractivity contribution < 1.29 is 19.4 Å². The predicted octanol–water partition coefficient (Wildman–Crippen LogP) is 2.37. The third-order valence-electron chi connectivity index (χ3n) is 3.62. The molecule has 0 aliphatic carbocycles. The number of ether oxygens (including phenoxy) is 1. The van der Waals surface area contributed by atoms with Gasteiger partial charge in [0.05, 0.1) is 18.9 Å². The van der Waals surface area contributed by atoms with Crippen molar-refractivity contribution in [2.24, 2.45) is 0 Å². The van der Waals surface area contributed by atoms with Crippen LogP contribution in [0, 0.1) is 6.92 Å². The van der Waals surface area contributed by atoms with Gasteiger partial charge in [-0.05, 0) is 31.9 Å². The molecule has 1 aliphatic rings. The summed E-state index contributed by atoms with van der Waals surface area (Å²) in [6.45, 7) is 2.86. The molecule has 1 aromatic rings. The largest absolute Gasteiger partial charge is 0.481 e. The molecule has 0 saturated carbocycles. The van der Waals surface area contributed by atoms with Crippen LogP contribution in [-0.2, 0) is 14.3 Å². The van der Waals surface area contributed by atoms with E-state index in [1.807, 2.05) is 31.2 Å². The molecular formula is C16H21NO4. The minimum absolute atomic E-state index is 0.0322. The van der Waals surface area contributed by atoms with Crippen LogP contribution in [0.1, 0.15) is 31.2 Å². The molecule has 1 heterocycles. The smallest absolute Gasteiger partial charge is 0.305 e. The molecule has 1 aromatic carbocycles. The van der Waals surface area contributed by atoms with Crippen molar-refractivity contribution in [3.05, 3.63) is 29.8 Å². The van der Waals surface area contributed by atoms with Crippen LogP contribution in [0.25, 0.3) is 0 Å². The van der Waals surface area contributed by atoms with Crippen LogP contribution in [0.15, 0.2) is 24.3 Å². The van der Waals surface area contributed by atoms with Gasteiger partial charge in [-0.25, -0.2) is 0 Å². The van der Waals surface area contributed by atoms with E-state index in [0.717, 1.165) is 24.1 Å². The van der Waals surface area contributed by atoms with E-state index in [9.17, 15) is 9.59 Å². The molecule has 1 saturated heterocycles. The molecule has 114 valence electrons. The van der Waals surface area contributed by atoms with Gasteiger partial charge < -0.3 is 14.7 Å².